The van der Waals surface area contributed by atoms with Crippen LogP contribution in [0.25, 0.3) is 0 Å². The van der Waals surface area contributed by atoms with Crippen molar-refractivity contribution in [2.45, 2.75) is 51.7 Å². The molecule has 2 atom stereocenters. The van der Waals surface area contributed by atoms with Crippen molar-refractivity contribution in [3.63, 3.8) is 0 Å². The van der Waals surface area contributed by atoms with Gasteiger partial charge in [-0.25, -0.2) is 0 Å². The minimum atomic E-state index is -0.690. The van der Waals surface area contributed by atoms with E-state index in [4.69, 9.17) is 9.47 Å². The zero-order valence-corrected chi connectivity index (χ0v) is 22.1. The zero-order chi connectivity index (χ0) is 27.7. The van der Waals surface area contributed by atoms with Crippen molar-refractivity contribution >= 4 is 22.8 Å². The van der Waals surface area contributed by atoms with E-state index in [9.17, 15) is 20.0 Å². The summed E-state index contributed by atoms with van der Waals surface area (Å²) in [7, 11) is 0. The monoisotopic (exact) mass is 529 g/mol. The normalized spacial score (nSPS) is 18.4. The molecule has 9 nitrogen and oxygen atoms in total. The van der Waals surface area contributed by atoms with Crippen LogP contribution in [0.3, 0.4) is 0 Å². The van der Waals surface area contributed by atoms with Gasteiger partial charge >= 0.3 is 5.69 Å². The molecule has 1 aliphatic heterocycles. The third-order valence-corrected chi connectivity index (χ3v) is 6.94. The zero-order valence-electron chi connectivity index (χ0n) is 22.1. The van der Waals surface area contributed by atoms with Gasteiger partial charge in [0, 0.05) is 23.8 Å². The van der Waals surface area contributed by atoms with Gasteiger partial charge in [-0.3, -0.25) is 14.9 Å². The average molecular weight is 530 g/mol. The highest BCUT2D eigenvalue weighted by Gasteiger charge is 2.37. The van der Waals surface area contributed by atoms with E-state index in [1.807, 2.05) is 62.4 Å². The first kappa shape index (κ1) is 26.1. The molecule has 3 aromatic carbocycles. The molecule has 1 aliphatic carbocycles. The van der Waals surface area contributed by atoms with E-state index in [0.29, 0.717) is 17.6 Å². The molecule has 202 valence electrons. The van der Waals surface area contributed by atoms with Crippen molar-refractivity contribution in [1.29, 1.82) is 0 Å². The van der Waals surface area contributed by atoms with Gasteiger partial charge in [-0.1, -0.05) is 24.3 Å². The van der Waals surface area contributed by atoms with Crippen LogP contribution in [0.15, 0.2) is 71.9 Å². The smallest absolute Gasteiger partial charge is 0.315 e. The van der Waals surface area contributed by atoms with Gasteiger partial charge in [0.1, 0.15) is 5.75 Å². The summed E-state index contributed by atoms with van der Waals surface area (Å²) in [5, 5.41) is 29.1. The lowest BCUT2D eigenvalue weighted by molar-refractivity contribution is -0.386. The van der Waals surface area contributed by atoms with Crippen LogP contribution in [-0.2, 0) is 4.79 Å². The van der Waals surface area contributed by atoms with Gasteiger partial charge in [0.15, 0.2) is 11.5 Å². The summed E-state index contributed by atoms with van der Waals surface area (Å²) in [5.41, 5.74) is 3.85. The summed E-state index contributed by atoms with van der Waals surface area (Å²) < 4.78 is 11.3. The number of phenolic OH excluding ortho intramolecular Hbond substituents is 1. The fourth-order valence-electron chi connectivity index (χ4n) is 5.25. The number of carbonyl (C=O) groups excluding carboxylic acids is 1. The number of nitro groups is 1. The number of hydrogen-bond acceptors (Lipinski definition) is 8. The molecule has 0 amide bonds. The number of ether oxygens (including phenoxy) is 2. The van der Waals surface area contributed by atoms with Crippen molar-refractivity contribution < 1.29 is 24.3 Å². The number of rotatable bonds is 7. The fraction of sp³-hybridized carbons (Fsp3) is 0.300. The SMILES string of the molecule is CCOc1cc(C2Nc3ccccc3NC3=C2C(=O)CC(c2ccc(OC(C)C)cc2)C3)cc([N+](=O)[O-])c1O. The Bertz CT molecular complexity index is 1450. The summed E-state index contributed by atoms with van der Waals surface area (Å²) in [6, 6.07) is 17.6. The van der Waals surface area contributed by atoms with E-state index in [1.165, 1.54) is 6.07 Å². The molecule has 5 rings (SSSR count). The number of fused-ring (bicyclic) bond motifs is 1. The molecule has 0 radical (unpaired) electrons. The van der Waals surface area contributed by atoms with Gasteiger partial charge in [-0.05, 0) is 74.6 Å². The van der Waals surface area contributed by atoms with Crippen LogP contribution in [0.4, 0.5) is 17.1 Å². The molecule has 0 fully saturated rings. The molecule has 0 aromatic heterocycles. The van der Waals surface area contributed by atoms with Gasteiger partial charge < -0.3 is 25.2 Å². The number of benzene rings is 3. The second kappa shape index (κ2) is 10.7. The van der Waals surface area contributed by atoms with Crippen molar-refractivity contribution in [2.24, 2.45) is 0 Å². The van der Waals surface area contributed by atoms with Crippen LogP contribution in [0.1, 0.15) is 56.7 Å². The summed E-state index contributed by atoms with van der Waals surface area (Å²) in [5.74, 6) is 0.139. The van der Waals surface area contributed by atoms with Crippen LogP contribution >= 0.6 is 0 Å². The maximum absolute atomic E-state index is 13.8. The third kappa shape index (κ3) is 5.25. The first-order valence-corrected chi connectivity index (χ1v) is 13.0. The quantitative estimate of drug-likeness (QED) is 0.235. The molecule has 39 heavy (non-hydrogen) atoms. The van der Waals surface area contributed by atoms with Crippen molar-refractivity contribution in [2.75, 3.05) is 17.2 Å². The largest absolute Gasteiger partial charge is 0.500 e. The first-order chi connectivity index (χ1) is 18.7. The van der Waals surface area contributed by atoms with Crippen molar-refractivity contribution in [3.05, 3.63) is 93.2 Å². The van der Waals surface area contributed by atoms with E-state index in [1.54, 1.807) is 13.0 Å². The maximum atomic E-state index is 13.8. The van der Waals surface area contributed by atoms with E-state index >= 15 is 0 Å². The standard InChI is InChI=1S/C30H31N3O6/c1-4-38-27-16-20(14-25(30(27)35)33(36)37)29-28-24(31-22-7-5-6-8-23(22)32-29)13-19(15-26(28)34)18-9-11-21(12-10-18)39-17(2)3/h5-12,14,16-17,19,29,31-32,35H,4,13,15H2,1-3H3. The second-order valence-electron chi connectivity index (χ2n) is 9.98. The van der Waals surface area contributed by atoms with Crippen LogP contribution in [-0.4, -0.2) is 28.5 Å². The summed E-state index contributed by atoms with van der Waals surface area (Å²) in [4.78, 5) is 25.0. The number of allylic oxidation sites excluding steroid dienone is 1. The Labute approximate surface area is 226 Å². The summed E-state index contributed by atoms with van der Waals surface area (Å²) in [6.07, 6.45) is 0.937. The number of carbonyl (C=O) groups is 1. The number of Topliss-reactive ketones (excluding diaryl/α,β-unsaturated/α-hetero) is 1. The molecule has 3 aromatic rings. The molecule has 3 N–H and O–H groups in total. The molecule has 9 heteroatoms. The van der Waals surface area contributed by atoms with Crippen LogP contribution in [0.2, 0.25) is 0 Å². The lowest BCUT2D eigenvalue weighted by Crippen LogP contribution is -2.27. The molecular weight excluding hydrogens is 498 g/mol. The molecular formula is C30H31N3O6. The second-order valence-corrected chi connectivity index (χ2v) is 9.98. The number of para-hydroxylation sites is 2. The Morgan fingerprint density at radius 1 is 1.05 bits per heavy atom. The van der Waals surface area contributed by atoms with E-state index < -0.39 is 22.4 Å². The molecule has 0 saturated carbocycles. The Morgan fingerprint density at radius 2 is 1.77 bits per heavy atom. The number of nitrogens with one attached hydrogen (secondary N) is 2. The molecule has 2 unspecified atom stereocenters. The third-order valence-electron chi connectivity index (χ3n) is 6.94. The summed E-state index contributed by atoms with van der Waals surface area (Å²) >= 11 is 0. The number of hydrogen-bond donors (Lipinski definition) is 3. The summed E-state index contributed by atoms with van der Waals surface area (Å²) in [6.45, 7) is 5.89. The van der Waals surface area contributed by atoms with Crippen molar-refractivity contribution in [3.8, 4) is 17.2 Å². The van der Waals surface area contributed by atoms with Gasteiger partial charge in [-0.2, -0.15) is 0 Å². The maximum Gasteiger partial charge on any atom is 0.315 e. The number of nitrogens with zero attached hydrogens (tertiary/aromatic N) is 1. The Kier molecular flexibility index (Phi) is 7.15. The number of anilines is 2. The van der Waals surface area contributed by atoms with Crippen LogP contribution in [0.5, 0.6) is 17.2 Å². The van der Waals surface area contributed by atoms with E-state index in [2.05, 4.69) is 10.6 Å². The Balaban J connectivity index is 1.59. The lowest BCUT2D eigenvalue weighted by Gasteiger charge is -2.30. The first-order valence-electron chi connectivity index (χ1n) is 13.0. The molecule has 1 heterocycles. The van der Waals surface area contributed by atoms with E-state index in [-0.39, 0.29) is 36.6 Å². The number of nitro benzene ring substituents is 1. The van der Waals surface area contributed by atoms with Crippen LogP contribution in [0, 0.1) is 10.1 Å². The highest BCUT2D eigenvalue weighted by Crippen LogP contribution is 2.47. The number of ketones is 1. The molecule has 0 saturated heterocycles. The average Bonchev–Trinajstić information content (AvgIpc) is 3.07. The molecule has 0 bridgehead atoms. The highest BCUT2D eigenvalue weighted by molar-refractivity contribution is 6.01. The van der Waals surface area contributed by atoms with Gasteiger partial charge in [0.25, 0.3) is 0 Å². The predicted octanol–water partition coefficient (Wildman–Crippen LogP) is 6.47. The fourth-order valence-corrected chi connectivity index (χ4v) is 5.25. The topological polar surface area (TPSA) is 123 Å². The molecule has 2 aliphatic rings. The van der Waals surface area contributed by atoms with Gasteiger partial charge in [-0.15, -0.1) is 0 Å². The van der Waals surface area contributed by atoms with Crippen LogP contribution < -0.4 is 20.1 Å². The number of phenols is 1. The van der Waals surface area contributed by atoms with Gasteiger partial charge in [0.2, 0.25) is 5.75 Å². The van der Waals surface area contributed by atoms with E-state index in [0.717, 1.165) is 28.4 Å². The molecule has 0 spiro atoms. The Hall–Kier alpha value is -4.53. The minimum absolute atomic E-state index is 0.000910. The van der Waals surface area contributed by atoms with Gasteiger partial charge in [0.05, 0.1) is 35.1 Å². The number of aromatic hydroxyl groups is 1. The Morgan fingerprint density at radius 3 is 2.44 bits per heavy atom. The minimum Gasteiger partial charge on any atom is -0.500 e. The highest BCUT2D eigenvalue weighted by atomic mass is 16.6. The lowest BCUT2D eigenvalue weighted by atomic mass is 9.78. The predicted molar refractivity (Wildman–Crippen MR) is 149 cm³/mol. The van der Waals surface area contributed by atoms with Crippen molar-refractivity contribution in [1.82, 2.24) is 0 Å².